The lowest BCUT2D eigenvalue weighted by molar-refractivity contribution is -0.136. The van der Waals surface area contributed by atoms with E-state index >= 15 is 0 Å². The molecular weight excluding hydrogens is 316 g/mol. The van der Waals surface area contributed by atoms with Gasteiger partial charge in [-0.15, -0.1) is 0 Å². The summed E-state index contributed by atoms with van der Waals surface area (Å²) < 4.78 is 0. The maximum absolute atomic E-state index is 12.2. The fourth-order valence-corrected chi connectivity index (χ4v) is 3.07. The molecule has 0 saturated heterocycles. The number of carbonyl (C=O) groups is 2. The Labute approximate surface area is 144 Å². The highest BCUT2D eigenvalue weighted by Gasteiger charge is 2.44. The summed E-state index contributed by atoms with van der Waals surface area (Å²) in [7, 11) is 0. The van der Waals surface area contributed by atoms with Gasteiger partial charge in [0.25, 0.3) is 0 Å². The molecule has 2 amide bonds. The number of nitrogens with zero attached hydrogens (tertiary/aromatic N) is 1. The summed E-state index contributed by atoms with van der Waals surface area (Å²) in [6.45, 7) is 0.468. The van der Waals surface area contributed by atoms with E-state index in [9.17, 15) is 9.59 Å². The zero-order valence-electron chi connectivity index (χ0n) is 13.6. The second-order valence-electron chi connectivity index (χ2n) is 6.39. The number of amides is 2. The largest absolute Gasteiger partial charge is 0.358 e. The Hall–Kier alpha value is -3.15. The van der Waals surface area contributed by atoms with E-state index < -0.39 is 11.8 Å². The van der Waals surface area contributed by atoms with Crippen LogP contribution in [0.5, 0.6) is 0 Å². The second kappa shape index (κ2) is 6.05. The predicted octanol–water partition coefficient (Wildman–Crippen LogP) is 2.35. The van der Waals surface area contributed by atoms with Crippen LogP contribution in [-0.2, 0) is 15.0 Å². The van der Waals surface area contributed by atoms with E-state index in [-0.39, 0.29) is 5.41 Å². The molecule has 2 heterocycles. The van der Waals surface area contributed by atoms with Crippen LogP contribution in [0.15, 0.2) is 54.9 Å². The Bertz CT molecular complexity index is 929. The van der Waals surface area contributed by atoms with Crippen LogP contribution in [0.3, 0.4) is 0 Å². The highest BCUT2D eigenvalue weighted by atomic mass is 16.2. The maximum Gasteiger partial charge on any atom is 0.313 e. The zero-order valence-corrected chi connectivity index (χ0v) is 13.6. The highest BCUT2D eigenvalue weighted by Crippen LogP contribution is 2.47. The summed E-state index contributed by atoms with van der Waals surface area (Å²) >= 11 is 0. The third-order valence-electron chi connectivity index (χ3n) is 4.72. The van der Waals surface area contributed by atoms with Gasteiger partial charge < -0.3 is 15.6 Å². The van der Waals surface area contributed by atoms with Gasteiger partial charge in [0.05, 0.1) is 11.2 Å². The monoisotopic (exact) mass is 334 g/mol. The predicted molar refractivity (Wildman–Crippen MR) is 95.1 cm³/mol. The third-order valence-corrected chi connectivity index (χ3v) is 4.72. The molecule has 0 aliphatic heterocycles. The molecule has 2 aromatic heterocycles. The van der Waals surface area contributed by atoms with Gasteiger partial charge in [-0.3, -0.25) is 14.6 Å². The molecule has 0 spiro atoms. The molecule has 126 valence electrons. The summed E-state index contributed by atoms with van der Waals surface area (Å²) in [6.07, 6.45) is 5.31. The van der Waals surface area contributed by atoms with Crippen molar-refractivity contribution in [3.8, 4) is 0 Å². The molecule has 25 heavy (non-hydrogen) atoms. The molecule has 1 aliphatic rings. The minimum atomic E-state index is -0.685. The fourth-order valence-electron chi connectivity index (χ4n) is 3.07. The molecule has 1 aromatic carbocycles. The first-order valence-corrected chi connectivity index (χ1v) is 8.25. The first kappa shape index (κ1) is 15.4. The first-order valence-electron chi connectivity index (χ1n) is 8.25. The molecule has 3 aromatic rings. The zero-order chi connectivity index (χ0) is 17.3. The average molecular weight is 334 g/mol. The van der Waals surface area contributed by atoms with Crippen molar-refractivity contribution in [3.63, 3.8) is 0 Å². The molecule has 0 unspecified atom stereocenters. The molecule has 0 bridgehead atoms. The van der Waals surface area contributed by atoms with E-state index in [0.717, 1.165) is 18.4 Å². The normalized spacial score (nSPS) is 14.9. The number of hydrogen-bond donors (Lipinski definition) is 3. The standard InChI is InChI=1S/C19H18N4O2/c24-17(22-12-19(8-9-19)13-5-2-1-3-6-13)18(25)23-15-11-21-14-7-4-10-20-16(14)15/h1-7,10-11,21H,8-9,12H2,(H,22,24)(H,23,25). The molecule has 1 fully saturated rings. The van der Waals surface area contributed by atoms with Gasteiger partial charge in [-0.1, -0.05) is 30.3 Å². The molecule has 0 radical (unpaired) electrons. The van der Waals surface area contributed by atoms with Crippen LogP contribution in [-0.4, -0.2) is 28.3 Å². The molecule has 1 aliphatic carbocycles. The number of benzene rings is 1. The van der Waals surface area contributed by atoms with E-state index in [1.165, 1.54) is 5.56 Å². The number of fused-ring (bicyclic) bond motifs is 1. The van der Waals surface area contributed by atoms with Crippen LogP contribution in [0.4, 0.5) is 5.69 Å². The van der Waals surface area contributed by atoms with Gasteiger partial charge in [0.1, 0.15) is 5.52 Å². The number of aromatic nitrogens is 2. The summed E-state index contributed by atoms with van der Waals surface area (Å²) in [5.74, 6) is -1.32. The third kappa shape index (κ3) is 2.98. The lowest BCUT2D eigenvalue weighted by atomic mass is 9.96. The van der Waals surface area contributed by atoms with Crippen molar-refractivity contribution in [1.82, 2.24) is 15.3 Å². The number of pyridine rings is 1. The molecule has 3 N–H and O–H groups in total. The molecule has 4 rings (SSSR count). The number of carbonyl (C=O) groups excluding carboxylic acids is 2. The van der Waals surface area contributed by atoms with Gasteiger partial charge in [0.15, 0.2) is 0 Å². The van der Waals surface area contributed by atoms with Crippen molar-refractivity contribution in [2.24, 2.45) is 0 Å². The Kier molecular flexibility index (Phi) is 3.72. The SMILES string of the molecule is O=C(NCC1(c2ccccc2)CC1)C(=O)Nc1c[nH]c2cccnc12. The van der Waals surface area contributed by atoms with E-state index in [0.29, 0.717) is 17.7 Å². The molecule has 6 nitrogen and oxygen atoms in total. The highest BCUT2D eigenvalue weighted by molar-refractivity contribution is 6.40. The molecular formula is C19H18N4O2. The second-order valence-corrected chi connectivity index (χ2v) is 6.39. The van der Waals surface area contributed by atoms with E-state index in [4.69, 9.17) is 0 Å². The summed E-state index contributed by atoms with van der Waals surface area (Å²) in [5.41, 5.74) is 3.11. The van der Waals surface area contributed by atoms with Crippen molar-refractivity contribution in [3.05, 3.63) is 60.4 Å². The lowest BCUT2D eigenvalue weighted by Gasteiger charge is -2.16. The first-order chi connectivity index (χ1) is 12.2. The van der Waals surface area contributed by atoms with Gasteiger partial charge in [-0.05, 0) is 30.5 Å². The summed E-state index contributed by atoms with van der Waals surface area (Å²) in [4.78, 5) is 31.5. The lowest BCUT2D eigenvalue weighted by Crippen LogP contribution is -2.39. The maximum atomic E-state index is 12.2. The van der Waals surface area contributed by atoms with Crippen molar-refractivity contribution in [2.45, 2.75) is 18.3 Å². The van der Waals surface area contributed by atoms with E-state index in [2.05, 4.69) is 32.7 Å². The number of nitrogens with one attached hydrogen (secondary N) is 3. The summed E-state index contributed by atoms with van der Waals surface area (Å²) in [6, 6.07) is 13.8. The van der Waals surface area contributed by atoms with Crippen LogP contribution < -0.4 is 10.6 Å². The quantitative estimate of drug-likeness (QED) is 0.640. The minimum absolute atomic E-state index is 0.0282. The van der Waals surface area contributed by atoms with Gasteiger partial charge in [0, 0.05) is 24.4 Å². The van der Waals surface area contributed by atoms with Gasteiger partial charge in [0.2, 0.25) is 0 Å². The Balaban J connectivity index is 1.39. The van der Waals surface area contributed by atoms with Gasteiger partial charge in [-0.2, -0.15) is 0 Å². The number of rotatable bonds is 4. The van der Waals surface area contributed by atoms with E-state index in [1.54, 1.807) is 18.5 Å². The van der Waals surface area contributed by atoms with Crippen LogP contribution in [0.2, 0.25) is 0 Å². The van der Waals surface area contributed by atoms with Crippen LogP contribution >= 0.6 is 0 Å². The number of aromatic amines is 1. The van der Waals surface area contributed by atoms with Gasteiger partial charge in [-0.25, -0.2) is 0 Å². The van der Waals surface area contributed by atoms with Gasteiger partial charge >= 0.3 is 11.8 Å². The van der Waals surface area contributed by atoms with Crippen molar-refractivity contribution >= 4 is 28.5 Å². The van der Waals surface area contributed by atoms with Crippen LogP contribution in [0.1, 0.15) is 18.4 Å². The molecule has 1 saturated carbocycles. The fraction of sp³-hybridized carbons (Fsp3) is 0.211. The van der Waals surface area contributed by atoms with Crippen LogP contribution in [0.25, 0.3) is 11.0 Å². The Morgan fingerprint density at radius 3 is 2.64 bits per heavy atom. The van der Waals surface area contributed by atoms with Crippen LogP contribution in [0, 0.1) is 0 Å². The summed E-state index contributed by atoms with van der Waals surface area (Å²) in [5, 5.41) is 5.38. The number of hydrogen-bond acceptors (Lipinski definition) is 3. The minimum Gasteiger partial charge on any atom is -0.358 e. The number of anilines is 1. The smallest absolute Gasteiger partial charge is 0.313 e. The molecule has 0 atom stereocenters. The number of H-pyrrole nitrogens is 1. The van der Waals surface area contributed by atoms with E-state index in [1.807, 2.05) is 24.3 Å². The average Bonchev–Trinajstić information content (AvgIpc) is 3.35. The molecule has 6 heteroatoms. The topological polar surface area (TPSA) is 86.9 Å². The van der Waals surface area contributed by atoms with Crippen molar-refractivity contribution in [2.75, 3.05) is 11.9 Å². The Morgan fingerprint density at radius 2 is 1.88 bits per heavy atom. The Morgan fingerprint density at radius 1 is 1.08 bits per heavy atom. The van der Waals surface area contributed by atoms with Crippen molar-refractivity contribution < 1.29 is 9.59 Å². The van der Waals surface area contributed by atoms with Crippen molar-refractivity contribution in [1.29, 1.82) is 0 Å².